The lowest BCUT2D eigenvalue weighted by atomic mass is 9.83. The monoisotopic (exact) mass is 268 g/mol. The Kier molecular flexibility index (Phi) is 4.64. The summed E-state index contributed by atoms with van der Waals surface area (Å²) in [5.41, 5.74) is 6.35. The number of nitrogens with zero attached hydrogens (tertiary/aromatic N) is 2. The Morgan fingerprint density at radius 1 is 1.39 bits per heavy atom. The number of aromatic nitrogens is 2. The van der Waals surface area contributed by atoms with Crippen molar-refractivity contribution in [1.82, 2.24) is 9.97 Å². The normalized spacial score (nSPS) is 18.6. The van der Waals surface area contributed by atoms with Crippen LogP contribution < -0.4 is 11.1 Å². The fourth-order valence-electron chi connectivity index (χ4n) is 2.75. The molecule has 0 radical (unpaired) electrons. The van der Waals surface area contributed by atoms with E-state index in [0.717, 1.165) is 12.3 Å². The standard InChI is InChI=1S/C13H21ClN4/c1-2-10(9-6-4-3-5-7-9)18-13-11(15)12(14)16-8-17-13/h8-10H,2-7,15H2,1H3,(H,16,17,18). The lowest BCUT2D eigenvalue weighted by molar-refractivity contribution is 0.312. The molecule has 0 aliphatic heterocycles. The number of hydrogen-bond acceptors (Lipinski definition) is 4. The predicted molar refractivity (Wildman–Crippen MR) is 75.7 cm³/mol. The average molecular weight is 269 g/mol. The molecule has 1 unspecified atom stereocenters. The van der Waals surface area contributed by atoms with Crippen molar-refractivity contribution in [1.29, 1.82) is 0 Å². The van der Waals surface area contributed by atoms with Gasteiger partial charge in [0.15, 0.2) is 11.0 Å². The molecular weight excluding hydrogens is 248 g/mol. The van der Waals surface area contributed by atoms with Crippen LogP contribution in [0.2, 0.25) is 5.15 Å². The third-order valence-electron chi connectivity index (χ3n) is 3.82. The van der Waals surface area contributed by atoms with Crippen molar-refractivity contribution in [3.8, 4) is 0 Å². The number of nitrogen functional groups attached to an aromatic ring is 1. The zero-order valence-electron chi connectivity index (χ0n) is 10.8. The van der Waals surface area contributed by atoms with Crippen LogP contribution in [-0.4, -0.2) is 16.0 Å². The van der Waals surface area contributed by atoms with Gasteiger partial charge in [0.25, 0.3) is 0 Å². The molecule has 1 aromatic heterocycles. The first-order valence-electron chi connectivity index (χ1n) is 6.75. The molecule has 3 N–H and O–H groups in total. The zero-order valence-corrected chi connectivity index (χ0v) is 11.6. The molecule has 1 fully saturated rings. The summed E-state index contributed by atoms with van der Waals surface area (Å²) in [6.07, 6.45) is 9.16. The molecule has 0 amide bonds. The third-order valence-corrected chi connectivity index (χ3v) is 4.12. The molecule has 1 heterocycles. The van der Waals surface area contributed by atoms with Gasteiger partial charge in [-0.15, -0.1) is 0 Å². The van der Waals surface area contributed by atoms with E-state index in [1.165, 1.54) is 38.4 Å². The highest BCUT2D eigenvalue weighted by Gasteiger charge is 2.23. The SMILES string of the molecule is CCC(Nc1ncnc(Cl)c1N)C1CCCCC1. The first-order chi connectivity index (χ1) is 8.72. The molecule has 18 heavy (non-hydrogen) atoms. The number of rotatable bonds is 4. The number of halogens is 1. The van der Waals surface area contributed by atoms with Crippen molar-refractivity contribution in [2.75, 3.05) is 11.1 Å². The van der Waals surface area contributed by atoms with Gasteiger partial charge in [-0.05, 0) is 25.2 Å². The Morgan fingerprint density at radius 3 is 2.78 bits per heavy atom. The third kappa shape index (κ3) is 3.05. The molecule has 4 nitrogen and oxygen atoms in total. The van der Waals surface area contributed by atoms with Crippen LogP contribution in [0.1, 0.15) is 45.4 Å². The summed E-state index contributed by atoms with van der Waals surface area (Å²) < 4.78 is 0. The highest BCUT2D eigenvalue weighted by Crippen LogP contribution is 2.31. The number of hydrogen-bond donors (Lipinski definition) is 2. The molecule has 100 valence electrons. The van der Waals surface area contributed by atoms with Crippen molar-refractivity contribution in [3.05, 3.63) is 11.5 Å². The van der Waals surface area contributed by atoms with E-state index in [1.54, 1.807) is 0 Å². The molecule has 0 spiro atoms. The van der Waals surface area contributed by atoms with Crippen molar-refractivity contribution in [3.63, 3.8) is 0 Å². The highest BCUT2D eigenvalue weighted by molar-refractivity contribution is 6.32. The van der Waals surface area contributed by atoms with E-state index in [0.29, 0.717) is 22.7 Å². The summed E-state index contributed by atoms with van der Waals surface area (Å²) in [5.74, 6) is 1.39. The summed E-state index contributed by atoms with van der Waals surface area (Å²) in [5, 5.41) is 3.77. The van der Waals surface area contributed by atoms with Crippen LogP contribution >= 0.6 is 11.6 Å². The van der Waals surface area contributed by atoms with Gasteiger partial charge in [0.05, 0.1) is 0 Å². The van der Waals surface area contributed by atoms with Gasteiger partial charge in [-0.25, -0.2) is 9.97 Å². The van der Waals surface area contributed by atoms with E-state index in [2.05, 4.69) is 22.2 Å². The second kappa shape index (κ2) is 6.23. The molecule has 5 heteroatoms. The number of nitrogens with one attached hydrogen (secondary N) is 1. The maximum Gasteiger partial charge on any atom is 0.157 e. The fraction of sp³-hybridized carbons (Fsp3) is 0.692. The smallest absolute Gasteiger partial charge is 0.157 e. The Morgan fingerprint density at radius 2 is 2.11 bits per heavy atom. The lowest BCUT2D eigenvalue weighted by Crippen LogP contribution is -2.30. The summed E-state index contributed by atoms with van der Waals surface area (Å²) in [4.78, 5) is 8.06. The minimum atomic E-state index is 0.325. The molecule has 1 aromatic rings. The molecule has 1 aliphatic carbocycles. The molecular formula is C13H21ClN4. The molecule has 0 aromatic carbocycles. The quantitative estimate of drug-likeness (QED) is 0.821. The van der Waals surface area contributed by atoms with Crippen LogP contribution in [0.15, 0.2) is 6.33 Å². The minimum absolute atomic E-state index is 0.325. The molecule has 1 aliphatic rings. The Bertz CT molecular complexity index is 391. The van der Waals surface area contributed by atoms with Gasteiger partial charge >= 0.3 is 0 Å². The van der Waals surface area contributed by atoms with Gasteiger partial charge in [0.2, 0.25) is 0 Å². The van der Waals surface area contributed by atoms with Crippen LogP contribution in [0.25, 0.3) is 0 Å². The maximum atomic E-state index is 5.91. The topological polar surface area (TPSA) is 63.8 Å². The maximum absolute atomic E-state index is 5.91. The van der Waals surface area contributed by atoms with Gasteiger partial charge in [-0.2, -0.15) is 0 Å². The van der Waals surface area contributed by atoms with Crippen LogP contribution in [0.3, 0.4) is 0 Å². The van der Waals surface area contributed by atoms with E-state index in [-0.39, 0.29) is 0 Å². The van der Waals surface area contributed by atoms with Crippen LogP contribution in [0.5, 0.6) is 0 Å². The second-order valence-electron chi connectivity index (χ2n) is 4.98. The van der Waals surface area contributed by atoms with E-state index in [4.69, 9.17) is 17.3 Å². The van der Waals surface area contributed by atoms with Gasteiger partial charge < -0.3 is 11.1 Å². The summed E-state index contributed by atoms with van der Waals surface area (Å²) in [7, 11) is 0. The van der Waals surface area contributed by atoms with Gasteiger partial charge in [0, 0.05) is 6.04 Å². The fourth-order valence-corrected chi connectivity index (χ4v) is 2.89. The Balaban J connectivity index is 2.07. The summed E-state index contributed by atoms with van der Waals surface area (Å²) in [6, 6.07) is 0.429. The largest absolute Gasteiger partial charge is 0.393 e. The van der Waals surface area contributed by atoms with Crippen molar-refractivity contribution < 1.29 is 0 Å². The molecule has 0 bridgehead atoms. The lowest BCUT2D eigenvalue weighted by Gasteiger charge is -2.30. The van der Waals surface area contributed by atoms with E-state index in [1.807, 2.05) is 0 Å². The van der Waals surface area contributed by atoms with Crippen molar-refractivity contribution in [2.45, 2.75) is 51.5 Å². The number of anilines is 2. The predicted octanol–water partition coefficient (Wildman–Crippen LogP) is 3.48. The Hall–Kier alpha value is -1.03. The van der Waals surface area contributed by atoms with Crippen LogP contribution in [0.4, 0.5) is 11.5 Å². The van der Waals surface area contributed by atoms with E-state index in [9.17, 15) is 0 Å². The highest BCUT2D eigenvalue weighted by atomic mass is 35.5. The van der Waals surface area contributed by atoms with E-state index < -0.39 is 0 Å². The van der Waals surface area contributed by atoms with Gasteiger partial charge in [0.1, 0.15) is 12.0 Å². The van der Waals surface area contributed by atoms with Crippen molar-refractivity contribution in [2.24, 2.45) is 5.92 Å². The van der Waals surface area contributed by atoms with Gasteiger partial charge in [-0.1, -0.05) is 37.8 Å². The summed E-state index contributed by atoms with van der Waals surface area (Å²) in [6.45, 7) is 2.20. The van der Waals surface area contributed by atoms with Crippen molar-refractivity contribution >= 4 is 23.1 Å². The average Bonchev–Trinajstić information content (AvgIpc) is 2.41. The first-order valence-corrected chi connectivity index (χ1v) is 7.12. The van der Waals surface area contributed by atoms with Crippen LogP contribution in [0, 0.1) is 5.92 Å². The zero-order chi connectivity index (χ0) is 13.0. The minimum Gasteiger partial charge on any atom is -0.393 e. The van der Waals surface area contributed by atoms with Gasteiger partial charge in [-0.3, -0.25) is 0 Å². The molecule has 1 atom stereocenters. The van der Waals surface area contributed by atoms with Crippen LogP contribution in [-0.2, 0) is 0 Å². The second-order valence-corrected chi connectivity index (χ2v) is 5.34. The Labute approximate surface area is 113 Å². The molecule has 1 saturated carbocycles. The first kappa shape index (κ1) is 13.4. The number of nitrogens with two attached hydrogens (primary N) is 1. The molecule has 0 saturated heterocycles. The molecule has 2 rings (SSSR count). The summed E-state index contributed by atoms with van der Waals surface area (Å²) >= 11 is 5.91. The van der Waals surface area contributed by atoms with E-state index >= 15 is 0 Å².